The fourth-order valence-electron chi connectivity index (χ4n) is 4.33. The van der Waals surface area contributed by atoms with Gasteiger partial charge in [0.15, 0.2) is 5.82 Å². The molecule has 4 heterocycles. The molecular formula is C22H24N6O2. The van der Waals surface area contributed by atoms with Gasteiger partial charge in [-0.3, -0.25) is 14.8 Å². The Morgan fingerprint density at radius 1 is 1.27 bits per heavy atom. The van der Waals surface area contributed by atoms with Crippen molar-refractivity contribution in [1.82, 2.24) is 30.0 Å². The molecule has 3 aromatic rings. The zero-order valence-corrected chi connectivity index (χ0v) is 17.0. The molecule has 0 spiro atoms. The Morgan fingerprint density at radius 2 is 2.17 bits per heavy atom. The zero-order valence-electron chi connectivity index (χ0n) is 17.0. The first-order valence-electron chi connectivity index (χ1n) is 10.5. The van der Waals surface area contributed by atoms with E-state index >= 15 is 0 Å². The number of likely N-dealkylation sites (tertiary alicyclic amines) is 1. The first kappa shape index (κ1) is 18.8. The van der Waals surface area contributed by atoms with Gasteiger partial charge in [-0.15, -0.1) is 0 Å². The van der Waals surface area contributed by atoms with Crippen molar-refractivity contribution in [2.45, 2.75) is 44.4 Å². The number of aromatic nitrogens is 5. The van der Waals surface area contributed by atoms with Gasteiger partial charge in [-0.25, -0.2) is 4.98 Å². The highest BCUT2D eigenvalue weighted by Gasteiger charge is 2.46. The Balaban J connectivity index is 1.44. The summed E-state index contributed by atoms with van der Waals surface area (Å²) in [5, 5.41) is 4.37. The van der Waals surface area contributed by atoms with Crippen LogP contribution in [0.15, 0.2) is 41.4 Å². The van der Waals surface area contributed by atoms with Crippen molar-refractivity contribution < 1.29 is 9.32 Å². The van der Waals surface area contributed by atoms with E-state index in [4.69, 9.17) is 9.51 Å². The summed E-state index contributed by atoms with van der Waals surface area (Å²) in [7, 11) is 0. The minimum Gasteiger partial charge on any atom is -0.336 e. The molecule has 1 amide bonds. The van der Waals surface area contributed by atoms with Crippen LogP contribution in [0, 0.1) is 12.8 Å². The highest BCUT2D eigenvalue weighted by Crippen LogP contribution is 2.46. The number of piperidine rings is 1. The lowest BCUT2D eigenvalue weighted by molar-refractivity contribution is 0.0601. The van der Waals surface area contributed by atoms with Gasteiger partial charge in [0.25, 0.3) is 11.8 Å². The Kier molecular flexibility index (Phi) is 4.77. The number of hydrogen-bond acceptors (Lipinski definition) is 7. The summed E-state index contributed by atoms with van der Waals surface area (Å²) in [6.07, 6.45) is 11.9. The maximum absolute atomic E-state index is 13.1. The van der Waals surface area contributed by atoms with Gasteiger partial charge in [0.2, 0.25) is 0 Å². The zero-order chi connectivity index (χ0) is 20.6. The normalized spacial score (nSPS) is 21.6. The van der Waals surface area contributed by atoms with E-state index in [0.29, 0.717) is 36.4 Å². The van der Waals surface area contributed by atoms with Gasteiger partial charge in [-0.1, -0.05) is 18.0 Å². The lowest BCUT2D eigenvalue weighted by Crippen LogP contribution is -2.49. The SMILES string of the molecule is Cc1cnc(C(=O)N2CCCC(CC3CC3)(c3noc(-c4cccnc4)n3)C2)cn1. The second-order valence-corrected chi connectivity index (χ2v) is 8.47. The van der Waals surface area contributed by atoms with E-state index in [1.54, 1.807) is 24.8 Å². The van der Waals surface area contributed by atoms with Gasteiger partial charge < -0.3 is 9.42 Å². The predicted octanol–water partition coefficient (Wildman–Crippen LogP) is 3.20. The minimum absolute atomic E-state index is 0.0849. The third-order valence-corrected chi connectivity index (χ3v) is 6.05. The molecule has 5 rings (SSSR count). The highest BCUT2D eigenvalue weighted by molar-refractivity contribution is 5.92. The average molecular weight is 404 g/mol. The summed E-state index contributed by atoms with van der Waals surface area (Å²) in [5.41, 5.74) is 1.68. The van der Waals surface area contributed by atoms with Gasteiger partial charge in [0.1, 0.15) is 5.69 Å². The van der Waals surface area contributed by atoms with Crippen molar-refractivity contribution in [3.63, 3.8) is 0 Å². The van der Waals surface area contributed by atoms with Crippen LogP contribution in [-0.2, 0) is 5.41 Å². The van der Waals surface area contributed by atoms with Crippen LogP contribution in [0.5, 0.6) is 0 Å². The van der Waals surface area contributed by atoms with Gasteiger partial charge >= 0.3 is 0 Å². The van der Waals surface area contributed by atoms with E-state index < -0.39 is 0 Å². The van der Waals surface area contributed by atoms with Crippen LogP contribution in [-0.4, -0.2) is 49.0 Å². The number of pyridine rings is 1. The third kappa shape index (κ3) is 3.69. The molecule has 3 aromatic heterocycles. The number of amides is 1. The highest BCUT2D eigenvalue weighted by atomic mass is 16.5. The standard InChI is InChI=1S/C22H24N6O2/c1-15-11-25-18(13-24-15)20(29)28-9-3-7-22(14-28,10-16-5-6-16)21-26-19(30-27-21)17-4-2-8-23-12-17/h2,4,8,11-13,16H,3,5-7,9-10,14H2,1H3. The number of rotatable bonds is 5. The molecule has 0 aromatic carbocycles. The lowest BCUT2D eigenvalue weighted by atomic mass is 9.74. The van der Waals surface area contributed by atoms with E-state index in [2.05, 4.69) is 20.1 Å². The fourth-order valence-corrected chi connectivity index (χ4v) is 4.33. The van der Waals surface area contributed by atoms with Crippen LogP contribution >= 0.6 is 0 Å². The van der Waals surface area contributed by atoms with E-state index in [0.717, 1.165) is 30.5 Å². The fraction of sp³-hybridized carbons (Fsp3) is 0.455. The molecule has 8 heteroatoms. The second-order valence-electron chi connectivity index (χ2n) is 8.47. The van der Waals surface area contributed by atoms with Crippen molar-refractivity contribution in [2.24, 2.45) is 5.92 Å². The molecule has 8 nitrogen and oxygen atoms in total. The first-order chi connectivity index (χ1) is 14.6. The molecule has 0 bridgehead atoms. The molecule has 1 saturated carbocycles. The van der Waals surface area contributed by atoms with Gasteiger partial charge in [-0.2, -0.15) is 4.98 Å². The number of carbonyl (C=O) groups excluding carboxylic acids is 1. The number of aryl methyl sites for hydroxylation is 1. The summed E-state index contributed by atoms with van der Waals surface area (Å²) in [4.78, 5) is 32.4. The summed E-state index contributed by atoms with van der Waals surface area (Å²) in [6.45, 7) is 3.14. The molecular weight excluding hydrogens is 380 g/mol. The smallest absolute Gasteiger partial charge is 0.274 e. The van der Waals surface area contributed by atoms with Crippen molar-refractivity contribution in [2.75, 3.05) is 13.1 Å². The van der Waals surface area contributed by atoms with E-state index in [1.807, 2.05) is 24.0 Å². The van der Waals surface area contributed by atoms with E-state index in [-0.39, 0.29) is 11.3 Å². The quantitative estimate of drug-likeness (QED) is 0.644. The molecule has 154 valence electrons. The van der Waals surface area contributed by atoms with Crippen LogP contribution in [0.4, 0.5) is 0 Å². The predicted molar refractivity (Wildman–Crippen MR) is 108 cm³/mol. The molecule has 1 saturated heterocycles. The number of hydrogen-bond donors (Lipinski definition) is 0. The lowest BCUT2D eigenvalue weighted by Gasteiger charge is -2.41. The molecule has 0 N–H and O–H groups in total. The monoisotopic (exact) mass is 404 g/mol. The van der Waals surface area contributed by atoms with Crippen molar-refractivity contribution >= 4 is 5.91 Å². The van der Waals surface area contributed by atoms with Crippen molar-refractivity contribution in [1.29, 1.82) is 0 Å². The summed E-state index contributed by atoms with van der Waals surface area (Å²) in [6, 6.07) is 3.76. The molecule has 1 aliphatic heterocycles. The maximum Gasteiger partial charge on any atom is 0.274 e. The Hall–Kier alpha value is -3.16. The Morgan fingerprint density at radius 3 is 2.90 bits per heavy atom. The molecule has 30 heavy (non-hydrogen) atoms. The van der Waals surface area contributed by atoms with Gasteiger partial charge in [0.05, 0.1) is 22.9 Å². The minimum atomic E-state index is -0.294. The van der Waals surface area contributed by atoms with Gasteiger partial charge in [0, 0.05) is 31.7 Å². The third-order valence-electron chi connectivity index (χ3n) is 6.05. The molecule has 1 atom stereocenters. The van der Waals surface area contributed by atoms with Crippen LogP contribution in [0.3, 0.4) is 0 Å². The molecule has 2 fully saturated rings. The van der Waals surface area contributed by atoms with Gasteiger partial charge in [-0.05, 0) is 44.2 Å². The van der Waals surface area contributed by atoms with Crippen LogP contribution < -0.4 is 0 Å². The van der Waals surface area contributed by atoms with Crippen molar-refractivity contribution in [3.8, 4) is 11.5 Å². The Labute approximate surface area is 174 Å². The van der Waals surface area contributed by atoms with Crippen molar-refractivity contribution in [3.05, 3.63) is 54.1 Å². The molecule has 1 aliphatic carbocycles. The largest absolute Gasteiger partial charge is 0.336 e. The average Bonchev–Trinajstić information content (AvgIpc) is 3.44. The Bertz CT molecular complexity index is 1030. The molecule has 1 unspecified atom stereocenters. The summed E-state index contributed by atoms with van der Waals surface area (Å²) >= 11 is 0. The van der Waals surface area contributed by atoms with E-state index in [9.17, 15) is 4.79 Å². The van der Waals surface area contributed by atoms with Crippen LogP contribution in [0.2, 0.25) is 0 Å². The van der Waals surface area contributed by atoms with Crippen LogP contribution in [0.1, 0.15) is 54.1 Å². The second kappa shape index (κ2) is 7.59. The maximum atomic E-state index is 13.1. The topological polar surface area (TPSA) is 97.9 Å². The number of nitrogens with zero attached hydrogens (tertiary/aromatic N) is 6. The summed E-state index contributed by atoms with van der Waals surface area (Å²) < 4.78 is 5.60. The van der Waals surface area contributed by atoms with Crippen LogP contribution in [0.25, 0.3) is 11.5 Å². The van der Waals surface area contributed by atoms with E-state index in [1.165, 1.54) is 12.8 Å². The number of carbonyl (C=O) groups is 1. The molecule has 0 radical (unpaired) electrons. The first-order valence-corrected chi connectivity index (χ1v) is 10.5. The summed E-state index contributed by atoms with van der Waals surface area (Å²) in [5.74, 6) is 1.75. The molecule has 2 aliphatic rings.